The molecule has 0 atom stereocenters. The van der Waals surface area contributed by atoms with Crippen molar-refractivity contribution >= 4 is 33.9 Å². The maximum Gasteiger partial charge on any atom is 0.223 e. The zero-order valence-electron chi connectivity index (χ0n) is 22.1. The fourth-order valence-corrected chi connectivity index (χ4v) is 4.55. The number of aromatic hydroxyl groups is 1. The van der Waals surface area contributed by atoms with Gasteiger partial charge in [-0.2, -0.15) is 5.26 Å². The van der Waals surface area contributed by atoms with E-state index in [1.165, 1.54) is 0 Å². The number of hydrogen-bond acceptors (Lipinski definition) is 7. The first-order valence-electron chi connectivity index (χ1n) is 12.6. The molecule has 2 heterocycles. The summed E-state index contributed by atoms with van der Waals surface area (Å²) in [7, 11) is 3.94. The molecule has 3 aromatic carbocycles. The number of fused-ring (bicyclic) bond motifs is 2. The Balaban J connectivity index is 1.61. The number of aromatic nitrogens is 1. The molecule has 198 valence electrons. The van der Waals surface area contributed by atoms with E-state index in [2.05, 4.69) is 11.1 Å². The minimum Gasteiger partial charge on any atom is -0.494 e. The van der Waals surface area contributed by atoms with Crippen LogP contribution in [0, 0.1) is 11.3 Å². The van der Waals surface area contributed by atoms with Crippen molar-refractivity contribution in [3.63, 3.8) is 0 Å². The van der Waals surface area contributed by atoms with Gasteiger partial charge in [-0.25, -0.2) is 4.99 Å². The fourth-order valence-electron chi connectivity index (χ4n) is 4.55. The molecule has 0 radical (unpaired) electrons. The summed E-state index contributed by atoms with van der Waals surface area (Å²) in [6, 6.07) is 20.3. The lowest BCUT2D eigenvalue weighted by atomic mass is 9.99. The number of nitrogens with one attached hydrogen (secondary N) is 1. The largest absolute Gasteiger partial charge is 0.494 e. The Morgan fingerprint density at radius 3 is 2.46 bits per heavy atom. The minimum atomic E-state index is -0.0585. The van der Waals surface area contributed by atoms with Crippen LogP contribution in [0.25, 0.3) is 10.9 Å². The standard InChI is InChI=1S/C30H29N5O4/c1-19(36)35(13-12-34(2)3)23-8-6-22(7-9-23)32-29(21-5-11-26-27(17-21)39-15-14-38-26)28-24-10-4-20(18-31)16-25(24)33-30(28)37/h4-11,16-17,33,37H,12-15H2,1-3H3. The number of nitrogens with zero attached hydrogens (tertiary/aromatic N) is 4. The number of H-pyrrole nitrogens is 1. The molecular formula is C30H29N5O4. The number of amides is 1. The molecule has 1 aromatic heterocycles. The predicted octanol–water partition coefficient (Wildman–Crippen LogP) is 4.60. The third-order valence-electron chi connectivity index (χ3n) is 6.51. The third kappa shape index (κ3) is 5.42. The van der Waals surface area contributed by atoms with Crippen LogP contribution in [-0.2, 0) is 4.79 Å². The van der Waals surface area contributed by atoms with Crippen LogP contribution in [0.2, 0.25) is 0 Å². The van der Waals surface area contributed by atoms with Crippen molar-refractivity contribution in [1.29, 1.82) is 5.26 Å². The third-order valence-corrected chi connectivity index (χ3v) is 6.51. The first kappa shape index (κ1) is 25.8. The van der Waals surface area contributed by atoms with E-state index in [1.807, 2.05) is 61.5 Å². The number of carbonyl (C=O) groups excluding carboxylic acids is 1. The molecule has 2 N–H and O–H groups in total. The van der Waals surface area contributed by atoms with Gasteiger partial charge in [0.2, 0.25) is 5.91 Å². The van der Waals surface area contributed by atoms with E-state index in [0.29, 0.717) is 59.3 Å². The molecule has 9 nitrogen and oxygen atoms in total. The Bertz CT molecular complexity index is 1600. The number of hydrogen-bond donors (Lipinski definition) is 2. The average molecular weight is 524 g/mol. The molecule has 0 aliphatic carbocycles. The summed E-state index contributed by atoms with van der Waals surface area (Å²) in [5.74, 6) is 1.16. The van der Waals surface area contributed by atoms with Gasteiger partial charge in [0.05, 0.1) is 34.1 Å². The van der Waals surface area contributed by atoms with Gasteiger partial charge < -0.3 is 29.4 Å². The van der Waals surface area contributed by atoms with Gasteiger partial charge in [-0.3, -0.25) is 4.79 Å². The highest BCUT2D eigenvalue weighted by atomic mass is 16.6. The second-order valence-corrected chi connectivity index (χ2v) is 9.53. The van der Waals surface area contributed by atoms with Crippen molar-refractivity contribution < 1.29 is 19.4 Å². The molecule has 9 heteroatoms. The molecule has 5 rings (SSSR count). The van der Waals surface area contributed by atoms with Crippen molar-refractivity contribution in [2.24, 2.45) is 4.99 Å². The van der Waals surface area contributed by atoms with Crippen LogP contribution >= 0.6 is 0 Å². The van der Waals surface area contributed by atoms with E-state index in [0.717, 1.165) is 23.2 Å². The van der Waals surface area contributed by atoms with Gasteiger partial charge in [0.1, 0.15) is 13.2 Å². The van der Waals surface area contributed by atoms with Crippen LogP contribution < -0.4 is 14.4 Å². The molecule has 1 aliphatic rings. The molecule has 0 spiro atoms. The van der Waals surface area contributed by atoms with E-state index >= 15 is 0 Å². The maximum absolute atomic E-state index is 12.3. The molecule has 1 amide bonds. The minimum absolute atomic E-state index is 0.0366. The van der Waals surface area contributed by atoms with Crippen LogP contribution in [0.4, 0.5) is 11.4 Å². The zero-order chi connectivity index (χ0) is 27.5. The molecule has 1 aliphatic heterocycles. The smallest absolute Gasteiger partial charge is 0.223 e. The molecular weight excluding hydrogens is 494 g/mol. The lowest BCUT2D eigenvalue weighted by molar-refractivity contribution is -0.116. The highest BCUT2D eigenvalue weighted by molar-refractivity contribution is 6.22. The van der Waals surface area contributed by atoms with Gasteiger partial charge in [-0.1, -0.05) is 6.07 Å². The van der Waals surface area contributed by atoms with Gasteiger partial charge in [-0.15, -0.1) is 0 Å². The van der Waals surface area contributed by atoms with Gasteiger partial charge in [-0.05, 0) is 68.7 Å². The number of nitriles is 1. The summed E-state index contributed by atoms with van der Waals surface area (Å²) < 4.78 is 11.5. The van der Waals surface area contributed by atoms with Gasteiger partial charge in [0, 0.05) is 36.7 Å². The maximum atomic E-state index is 12.3. The summed E-state index contributed by atoms with van der Waals surface area (Å²) in [4.78, 5) is 24.0. The number of aliphatic imine (C=N–C) groups is 1. The molecule has 0 saturated heterocycles. The van der Waals surface area contributed by atoms with Gasteiger partial charge in [0.15, 0.2) is 17.4 Å². The van der Waals surface area contributed by atoms with Crippen molar-refractivity contribution in [3.05, 3.63) is 77.4 Å². The summed E-state index contributed by atoms with van der Waals surface area (Å²) in [5.41, 5.74) is 4.27. The Kier molecular flexibility index (Phi) is 7.21. The van der Waals surface area contributed by atoms with Crippen LogP contribution in [-0.4, -0.2) is 67.0 Å². The lowest BCUT2D eigenvalue weighted by Crippen LogP contribution is -2.35. The molecule has 0 bridgehead atoms. The second kappa shape index (κ2) is 10.9. The average Bonchev–Trinajstić information content (AvgIpc) is 3.26. The van der Waals surface area contributed by atoms with Gasteiger partial charge in [0.25, 0.3) is 0 Å². The normalized spacial score (nSPS) is 12.9. The van der Waals surface area contributed by atoms with Crippen LogP contribution in [0.15, 0.2) is 65.7 Å². The zero-order valence-corrected chi connectivity index (χ0v) is 22.1. The first-order valence-corrected chi connectivity index (χ1v) is 12.6. The molecule has 0 unspecified atom stereocenters. The topological polar surface area (TPSA) is 114 Å². The van der Waals surface area contributed by atoms with E-state index in [4.69, 9.17) is 14.5 Å². The number of carbonyl (C=O) groups is 1. The molecule has 0 fully saturated rings. The van der Waals surface area contributed by atoms with Crippen molar-refractivity contribution in [2.45, 2.75) is 6.92 Å². The lowest BCUT2D eigenvalue weighted by Gasteiger charge is -2.23. The second-order valence-electron chi connectivity index (χ2n) is 9.53. The summed E-state index contributed by atoms with van der Waals surface area (Å²) in [6.07, 6.45) is 0. The number of ether oxygens (including phenoxy) is 2. The highest BCUT2D eigenvalue weighted by Gasteiger charge is 2.22. The van der Waals surface area contributed by atoms with Crippen LogP contribution in [0.5, 0.6) is 17.4 Å². The predicted molar refractivity (Wildman–Crippen MR) is 150 cm³/mol. The SMILES string of the molecule is CC(=O)N(CCN(C)C)c1ccc(N=C(c2ccc3c(c2)OCCO3)c2c(O)[nH]c3cc(C#N)ccc23)cc1. The van der Waals surface area contributed by atoms with Crippen molar-refractivity contribution in [2.75, 3.05) is 45.3 Å². The van der Waals surface area contributed by atoms with Crippen LogP contribution in [0.1, 0.15) is 23.6 Å². The number of anilines is 1. The number of aromatic amines is 1. The fraction of sp³-hybridized carbons (Fsp3) is 0.233. The number of rotatable bonds is 7. The molecule has 0 saturated carbocycles. The number of likely N-dealkylation sites (N-methyl/N-ethyl adjacent to an activating group) is 1. The first-order chi connectivity index (χ1) is 18.8. The molecule has 39 heavy (non-hydrogen) atoms. The van der Waals surface area contributed by atoms with Crippen molar-refractivity contribution in [1.82, 2.24) is 9.88 Å². The van der Waals surface area contributed by atoms with E-state index < -0.39 is 0 Å². The monoisotopic (exact) mass is 523 g/mol. The Labute approximate surface area is 226 Å². The van der Waals surface area contributed by atoms with E-state index in [9.17, 15) is 15.2 Å². The Morgan fingerprint density at radius 2 is 1.77 bits per heavy atom. The van der Waals surface area contributed by atoms with E-state index in [1.54, 1.807) is 30.0 Å². The number of benzene rings is 3. The quantitative estimate of drug-likeness (QED) is 0.342. The summed E-state index contributed by atoms with van der Waals surface area (Å²) in [5, 5.41) is 21.1. The van der Waals surface area contributed by atoms with Gasteiger partial charge >= 0.3 is 0 Å². The molecule has 4 aromatic rings. The van der Waals surface area contributed by atoms with Crippen LogP contribution in [0.3, 0.4) is 0 Å². The Morgan fingerprint density at radius 1 is 1.03 bits per heavy atom. The summed E-state index contributed by atoms with van der Waals surface area (Å²) in [6.45, 7) is 3.79. The Hall–Kier alpha value is -4.81. The van der Waals surface area contributed by atoms with E-state index in [-0.39, 0.29) is 11.8 Å². The highest BCUT2D eigenvalue weighted by Crippen LogP contribution is 2.36. The van der Waals surface area contributed by atoms with Crippen molar-refractivity contribution in [3.8, 4) is 23.4 Å². The summed E-state index contributed by atoms with van der Waals surface area (Å²) >= 11 is 0.